The predicted octanol–water partition coefficient (Wildman–Crippen LogP) is 1.47. The fourth-order valence-corrected chi connectivity index (χ4v) is 1.83. The molecule has 1 amide bonds. The van der Waals surface area contributed by atoms with Crippen molar-refractivity contribution in [1.82, 2.24) is 0 Å². The van der Waals surface area contributed by atoms with Crippen LogP contribution in [0.4, 0.5) is 11.4 Å². The van der Waals surface area contributed by atoms with Crippen LogP contribution in [-0.2, 0) is 4.79 Å². The second-order valence-electron chi connectivity index (χ2n) is 3.35. The molecule has 0 bridgehead atoms. The number of ether oxygens (including phenoxy) is 1. The van der Waals surface area contributed by atoms with Crippen LogP contribution in [0.15, 0.2) is 18.2 Å². The van der Waals surface area contributed by atoms with Gasteiger partial charge in [0, 0.05) is 6.54 Å². The number of carbonyl (C=O) groups excluding carboxylic acids is 1. The second-order valence-corrected chi connectivity index (χ2v) is 3.35. The highest BCUT2D eigenvalue weighted by Crippen LogP contribution is 2.37. The Bertz CT molecular complexity index is 390. The van der Waals surface area contributed by atoms with Crippen molar-refractivity contribution in [3.63, 3.8) is 0 Å². The molecular formula is C11H14N2O2. The highest BCUT2D eigenvalue weighted by atomic mass is 16.5. The molecule has 0 saturated heterocycles. The summed E-state index contributed by atoms with van der Waals surface area (Å²) in [5.74, 6) is 0.872. The van der Waals surface area contributed by atoms with Gasteiger partial charge in [0.05, 0.1) is 19.3 Å². The molecular weight excluding hydrogens is 192 g/mol. The van der Waals surface area contributed by atoms with E-state index in [9.17, 15) is 4.79 Å². The maximum Gasteiger partial charge on any atom is 0.246 e. The minimum atomic E-state index is 0.0956. The molecule has 1 aliphatic heterocycles. The summed E-state index contributed by atoms with van der Waals surface area (Å²) in [4.78, 5) is 13.4. The molecule has 0 unspecified atom stereocenters. The molecule has 0 spiro atoms. The Kier molecular flexibility index (Phi) is 2.49. The van der Waals surface area contributed by atoms with E-state index in [1.807, 2.05) is 25.1 Å². The minimum Gasteiger partial charge on any atom is -0.495 e. The van der Waals surface area contributed by atoms with E-state index in [0.717, 1.165) is 17.1 Å². The molecule has 80 valence electrons. The average molecular weight is 206 g/mol. The van der Waals surface area contributed by atoms with Gasteiger partial charge in [-0.05, 0) is 19.1 Å². The van der Waals surface area contributed by atoms with E-state index in [2.05, 4.69) is 5.32 Å². The molecule has 0 aromatic heterocycles. The number of carbonyl (C=O) groups is 1. The van der Waals surface area contributed by atoms with Gasteiger partial charge in [-0.3, -0.25) is 4.79 Å². The number of benzene rings is 1. The average Bonchev–Trinajstić information content (AvgIpc) is 2.28. The van der Waals surface area contributed by atoms with Crippen molar-refractivity contribution in [3.8, 4) is 5.75 Å². The van der Waals surface area contributed by atoms with Gasteiger partial charge in [0.1, 0.15) is 11.4 Å². The summed E-state index contributed by atoms with van der Waals surface area (Å²) in [7, 11) is 1.63. The van der Waals surface area contributed by atoms with Crippen LogP contribution >= 0.6 is 0 Å². The summed E-state index contributed by atoms with van der Waals surface area (Å²) in [5, 5.41) is 3.08. The summed E-state index contributed by atoms with van der Waals surface area (Å²) < 4.78 is 5.24. The minimum absolute atomic E-state index is 0.0956. The number of para-hydroxylation sites is 1. The van der Waals surface area contributed by atoms with Crippen LogP contribution < -0.4 is 15.0 Å². The molecule has 15 heavy (non-hydrogen) atoms. The Morgan fingerprint density at radius 3 is 3.00 bits per heavy atom. The van der Waals surface area contributed by atoms with Gasteiger partial charge < -0.3 is 15.0 Å². The van der Waals surface area contributed by atoms with Crippen LogP contribution in [0, 0.1) is 0 Å². The molecule has 0 aliphatic carbocycles. The number of anilines is 2. The Balaban J connectivity index is 2.50. The van der Waals surface area contributed by atoms with E-state index >= 15 is 0 Å². The lowest BCUT2D eigenvalue weighted by Gasteiger charge is -2.30. The molecule has 0 radical (unpaired) electrons. The second kappa shape index (κ2) is 3.81. The maximum atomic E-state index is 11.6. The van der Waals surface area contributed by atoms with E-state index < -0.39 is 0 Å². The van der Waals surface area contributed by atoms with Gasteiger partial charge in [0.25, 0.3) is 0 Å². The largest absolute Gasteiger partial charge is 0.495 e. The number of hydrogen-bond donors (Lipinski definition) is 1. The molecule has 2 rings (SSSR count). The summed E-state index contributed by atoms with van der Waals surface area (Å²) in [6, 6.07) is 5.70. The molecule has 1 aromatic rings. The summed E-state index contributed by atoms with van der Waals surface area (Å²) in [6.45, 7) is 2.98. The zero-order chi connectivity index (χ0) is 10.8. The standard InChI is InChI=1S/C11H14N2O2/c1-3-13-8-5-4-6-9(15-2)11(8)12-7-10(13)14/h4-6,12H,3,7H2,1-2H3. The molecule has 0 fully saturated rings. The number of rotatable bonds is 2. The maximum absolute atomic E-state index is 11.6. The number of nitrogens with zero attached hydrogens (tertiary/aromatic N) is 1. The van der Waals surface area contributed by atoms with Gasteiger partial charge in [-0.15, -0.1) is 0 Å². The molecule has 0 saturated carbocycles. The quantitative estimate of drug-likeness (QED) is 0.796. The molecule has 1 heterocycles. The summed E-state index contributed by atoms with van der Waals surface area (Å²) in [6.07, 6.45) is 0. The SMILES string of the molecule is CCN1C(=O)CNc2c(OC)cccc21. The fraction of sp³-hybridized carbons (Fsp3) is 0.364. The first kappa shape index (κ1) is 9.83. The number of likely N-dealkylation sites (N-methyl/N-ethyl adjacent to an activating group) is 1. The highest BCUT2D eigenvalue weighted by molar-refractivity contribution is 6.03. The van der Waals surface area contributed by atoms with Crippen molar-refractivity contribution in [2.24, 2.45) is 0 Å². The van der Waals surface area contributed by atoms with Crippen LogP contribution in [0.25, 0.3) is 0 Å². The van der Waals surface area contributed by atoms with Crippen molar-refractivity contribution >= 4 is 17.3 Å². The van der Waals surface area contributed by atoms with Crippen molar-refractivity contribution in [2.75, 3.05) is 30.4 Å². The van der Waals surface area contributed by atoms with Gasteiger partial charge in [0.15, 0.2) is 0 Å². The molecule has 0 atom stereocenters. The Hall–Kier alpha value is -1.71. The third kappa shape index (κ3) is 1.52. The van der Waals surface area contributed by atoms with Crippen LogP contribution in [0.2, 0.25) is 0 Å². The van der Waals surface area contributed by atoms with E-state index in [4.69, 9.17) is 4.74 Å². The molecule has 4 nitrogen and oxygen atoms in total. The van der Waals surface area contributed by atoms with E-state index in [1.54, 1.807) is 12.0 Å². The van der Waals surface area contributed by atoms with Gasteiger partial charge in [0.2, 0.25) is 5.91 Å². The van der Waals surface area contributed by atoms with E-state index in [-0.39, 0.29) is 5.91 Å². The van der Waals surface area contributed by atoms with Crippen LogP contribution in [0.3, 0.4) is 0 Å². The zero-order valence-electron chi connectivity index (χ0n) is 8.91. The summed E-state index contributed by atoms with van der Waals surface area (Å²) >= 11 is 0. The fourth-order valence-electron chi connectivity index (χ4n) is 1.83. The highest BCUT2D eigenvalue weighted by Gasteiger charge is 2.24. The van der Waals surface area contributed by atoms with E-state index in [0.29, 0.717) is 13.1 Å². The number of nitrogens with one attached hydrogen (secondary N) is 1. The lowest BCUT2D eigenvalue weighted by Crippen LogP contribution is -2.39. The zero-order valence-corrected chi connectivity index (χ0v) is 8.91. The van der Waals surface area contributed by atoms with Gasteiger partial charge in [-0.1, -0.05) is 6.07 Å². The molecule has 1 N–H and O–H groups in total. The lowest BCUT2D eigenvalue weighted by atomic mass is 10.2. The first-order chi connectivity index (χ1) is 7.27. The molecule has 1 aromatic carbocycles. The van der Waals surface area contributed by atoms with Gasteiger partial charge >= 0.3 is 0 Å². The Morgan fingerprint density at radius 1 is 1.53 bits per heavy atom. The lowest BCUT2D eigenvalue weighted by molar-refractivity contribution is -0.117. The van der Waals surface area contributed by atoms with Crippen LogP contribution in [-0.4, -0.2) is 26.1 Å². The number of hydrogen-bond acceptors (Lipinski definition) is 3. The smallest absolute Gasteiger partial charge is 0.246 e. The van der Waals surface area contributed by atoms with Crippen molar-refractivity contribution in [3.05, 3.63) is 18.2 Å². The van der Waals surface area contributed by atoms with Gasteiger partial charge in [-0.2, -0.15) is 0 Å². The predicted molar refractivity (Wildman–Crippen MR) is 59.5 cm³/mol. The van der Waals surface area contributed by atoms with Crippen LogP contribution in [0.1, 0.15) is 6.92 Å². The van der Waals surface area contributed by atoms with Crippen molar-refractivity contribution in [1.29, 1.82) is 0 Å². The normalized spacial score (nSPS) is 14.5. The molecule has 1 aliphatic rings. The first-order valence-electron chi connectivity index (χ1n) is 4.99. The number of fused-ring (bicyclic) bond motifs is 1. The third-order valence-electron chi connectivity index (χ3n) is 2.55. The summed E-state index contributed by atoms with van der Waals surface area (Å²) in [5.41, 5.74) is 1.80. The molecule has 4 heteroatoms. The first-order valence-corrected chi connectivity index (χ1v) is 4.99. The van der Waals surface area contributed by atoms with Crippen molar-refractivity contribution in [2.45, 2.75) is 6.92 Å². The Labute approximate surface area is 88.8 Å². The third-order valence-corrected chi connectivity index (χ3v) is 2.55. The van der Waals surface area contributed by atoms with E-state index in [1.165, 1.54) is 0 Å². The number of methoxy groups -OCH3 is 1. The van der Waals surface area contributed by atoms with Crippen LogP contribution in [0.5, 0.6) is 5.75 Å². The number of amides is 1. The monoisotopic (exact) mass is 206 g/mol. The topological polar surface area (TPSA) is 41.6 Å². The van der Waals surface area contributed by atoms with Gasteiger partial charge in [-0.25, -0.2) is 0 Å². The van der Waals surface area contributed by atoms with Crippen molar-refractivity contribution < 1.29 is 9.53 Å². The Morgan fingerprint density at radius 2 is 2.33 bits per heavy atom.